The Bertz CT molecular complexity index is 881. The van der Waals surface area contributed by atoms with E-state index in [4.69, 9.17) is 4.74 Å². The third kappa shape index (κ3) is 5.25. The maximum absolute atomic E-state index is 12.7. The molecule has 1 aliphatic rings. The van der Waals surface area contributed by atoms with Crippen molar-refractivity contribution in [3.05, 3.63) is 48.5 Å². The van der Waals surface area contributed by atoms with Gasteiger partial charge < -0.3 is 25.6 Å². The summed E-state index contributed by atoms with van der Waals surface area (Å²) >= 11 is 0. The van der Waals surface area contributed by atoms with Gasteiger partial charge in [-0.3, -0.25) is 9.59 Å². The Morgan fingerprint density at radius 2 is 1.45 bits per heavy atom. The molecule has 0 aromatic heterocycles. The minimum Gasteiger partial charge on any atom is -0.497 e. The Morgan fingerprint density at radius 3 is 2.03 bits per heavy atom. The van der Waals surface area contributed by atoms with E-state index in [2.05, 4.69) is 16.0 Å². The molecule has 8 nitrogen and oxygen atoms in total. The summed E-state index contributed by atoms with van der Waals surface area (Å²) in [5, 5.41) is 8.33. The number of carbonyl (C=O) groups excluding carboxylic acids is 3. The van der Waals surface area contributed by atoms with Crippen LogP contribution in [0.1, 0.15) is 19.8 Å². The number of likely N-dealkylation sites (tertiary alicyclic amines) is 1. The number of methoxy groups -OCH3 is 1. The van der Waals surface area contributed by atoms with Crippen molar-refractivity contribution in [1.82, 2.24) is 4.90 Å². The van der Waals surface area contributed by atoms with Crippen LogP contribution >= 0.6 is 0 Å². The molecule has 0 radical (unpaired) electrons. The minimum atomic E-state index is -0.539. The van der Waals surface area contributed by atoms with Crippen LogP contribution < -0.4 is 20.7 Å². The first-order chi connectivity index (χ1) is 14.0. The second-order valence-corrected chi connectivity index (χ2v) is 6.76. The number of nitrogens with one attached hydrogen (secondary N) is 3. The van der Waals surface area contributed by atoms with Gasteiger partial charge in [-0.1, -0.05) is 0 Å². The number of amides is 4. The van der Waals surface area contributed by atoms with Gasteiger partial charge in [-0.05, 0) is 61.4 Å². The highest BCUT2D eigenvalue weighted by Gasteiger charge is 2.34. The predicted octanol–water partition coefficient (Wildman–Crippen LogP) is 3.29. The summed E-state index contributed by atoms with van der Waals surface area (Å²) in [7, 11) is 1.58. The van der Waals surface area contributed by atoms with Crippen molar-refractivity contribution >= 4 is 34.9 Å². The molecule has 1 atom stereocenters. The standard InChI is InChI=1S/C21H24N4O4/c1-14(26)22-15-5-7-16(8-6-15)23-20(27)19-4-3-13-25(19)21(28)24-17-9-11-18(29-2)12-10-17/h5-12,19H,3-4,13H2,1-2H3,(H,22,26)(H,23,27)(H,24,28)/t19-/m1/s1. The molecule has 4 amide bonds. The minimum absolute atomic E-state index is 0.161. The zero-order valence-corrected chi connectivity index (χ0v) is 16.4. The number of benzene rings is 2. The van der Waals surface area contributed by atoms with Gasteiger partial charge in [0.25, 0.3) is 0 Å². The smallest absolute Gasteiger partial charge is 0.322 e. The lowest BCUT2D eigenvalue weighted by atomic mass is 10.2. The van der Waals surface area contributed by atoms with Gasteiger partial charge in [-0.25, -0.2) is 4.79 Å². The first-order valence-corrected chi connectivity index (χ1v) is 9.36. The molecule has 0 unspecified atom stereocenters. The van der Waals surface area contributed by atoms with Crippen LogP contribution in [-0.2, 0) is 9.59 Å². The number of hydrogen-bond acceptors (Lipinski definition) is 4. The van der Waals surface area contributed by atoms with Crippen molar-refractivity contribution in [1.29, 1.82) is 0 Å². The SMILES string of the molecule is COc1ccc(NC(=O)N2CCC[C@@H]2C(=O)Nc2ccc(NC(C)=O)cc2)cc1. The molecule has 1 aliphatic heterocycles. The molecule has 2 aromatic rings. The fraction of sp³-hybridized carbons (Fsp3) is 0.286. The topological polar surface area (TPSA) is 99.8 Å². The summed E-state index contributed by atoms with van der Waals surface area (Å²) in [4.78, 5) is 38.0. The number of hydrogen-bond donors (Lipinski definition) is 3. The first kappa shape index (κ1) is 20.2. The highest BCUT2D eigenvalue weighted by molar-refractivity contribution is 5.99. The van der Waals surface area contributed by atoms with E-state index in [1.807, 2.05) is 0 Å². The van der Waals surface area contributed by atoms with E-state index in [9.17, 15) is 14.4 Å². The van der Waals surface area contributed by atoms with Gasteiger partial charge in [-0.2, -0.15) is 0 Å². The van der Waals surface area contributed by atoms with Gasteiger partial charge in [0, 0.05) is 30.5 Å². The van der Waals surface area contributed by atoms with Crippen LogP contribution in [0.25, 0.3) is 0 Å². The molecular formula is C21H24N4O4. The maximum Gasteiger partial charge on any atom is 0.322 e. The van der Waals surface area contributed by atoms with Gasteiger partial charge >= 0.3 is 6.03 Å². The summed E-state index contributed by atoms with van der Waals surface area (Å²) in [6.45, 7) is 1.95. The lowest BCUT2D eigenvalue weighted by Crippen LogP contribution is -2.45. The van der Waals surface area contributed by atoms with Crippen LogP contribution in [0.2, 0.25) is 0 Å². The lowest BCUT2D eigenvalue weighted by Gasteiger charge is -2.24. The maximum atomic E-state index is 12.7. The normalized spacial score (nSPS) is 15.5. The molecule has 0 bridgehead atoms. The fourth-order valence-corrected chi connectivity index (χ4v) is 3.22. The number of carbonyl (C=O) groups is 3. The van der Waals surface area contributed by atoms with Crippen LogP contribution in [0.15, 0.2) is 48.5 Å². The second-order valence-electron chi connectivity index (χ2n) is 6.76. The molecular weight excluding hydrogens is 372 g/mol. The van der Waals surface area contributed by atoms with E-state index in [-0.39, 0.29) is 17.8 Å². The Balaban J connectivity index is 1.60. The molecule has 3 rings (SSSR count). The Labute approximate surface area is 169 Å². The molecule has 2 aromatic carbocycles. The van der Waals surface area contributed by atoms with E-state index in [1.54, 1.807) is 60.5 Å². The largest absolute Gasteiger partial charge is 0.497 e. The van der Waals surface area contributed by atoms with Crippen molar-refractivity contribution in [3.8, 4) is 5.75 Å². The van der Waals surface area contributed by atoms with Gasteiger partial charge in [0.05, 0.1) is 7.11 Å². The Morgan fingerprint density at radius 1 is 0.897 bits per heavy atom. The third-order valence-electron chi connectivity index (χ3n) is 4.63. The zero-order valence-electron chi connectivity index (χ0n) is 16.4. The summed E-state index contributed by atoms with van der Waals surface area (Å²) in [6.07, 6.45) is 1.36. The van der Waals surface area contributed by atoms with E-state index < -0.39 is 6.04 Å². The third-order valence-corrected chi connectivity index (χ3v) is 4.63. The molecule has 1 fully saturated rings. The van der Waals surface area contributed by atoms with Crippen molar-refractivity contribution in [3.63, 3.8) is 0 Å². The number of rotatable bonds is 5. The van der Waals surface area contributed by atoms with Gasteiger partial charge in [0.1, 0.15) is 11.8 Å². The van der Waals surface area contributed by atoms with Gasteiger partial charge in [0.2, 0.25) is 11.8 Å². The molecule has 152 valence electrons. The van der Waals surface area contributed by atoms with Crippen molar-refractivity contribution in [2.75, 3.05) is 29.6 Å². The fourth-order valence-electron chi connectivity index (χ4n) is 3.22. The zero-order chi connectivity index (χ0) is 20.8. The summed E-state index contributed by atoms with van der Waals surface area (Å²) < 4.78 is 5.11. The van der Waals surface area contributed by atoms with Crippen LogP contribution in [0.5, 0.6) is 5.75 Å². The quantitative estimate of drug-likeness (QED) is 0.722. The van der Waals surface area contributed by atoms with E-state index in [0.717, 1.165) is 6.42 Å². The molecule has 0 aliphatic carbocycles. The number of urea groups is 1. The van der Waals surface area contributed by atoms with Crippen LogP contribution in [-0.4, -0.2) is 42.4 Å². The van der Waals surface area contributed by atoms with Crippen molar-refractivity contribution in [2.45, 2.75) is 25.8 Å². The van der Waals surface area contributed by atoms with E-state index in [0.29, 0.717) is 35.8 Å². The number of nitrogens with zero attached hydrogens (tertiary/aromatic N) is 1. The summed E-state index contributed by atoms with van der Waals surface area (Å²) in [5.41, 5.74) is 1.89. The highest BCUT2D eigenvalue weighted by atomic mass is 16.5. The Kier molecular flexibility index (Phi) is 6.33. The molecule has 1 heterocycles. The average Bonchev–Trinajstić information content (AvgIpc) is 3.20. The number of ether oxygens (including phenoxy) is 1. The van der Waals surface area contributed by atoms with E-state index >= 15 is 0 Å². The van der Waals surface area contributed by atoms with Crippen LogP contribution in [0.4, 0.5) is 21.9 Å². The lowest BCUT2D eigenvalue weighted by molar-refractivity contribution is -0.119. The van der Waals surface area contributed by atoms with E-state index in [1.165, 1.54) is 6.92 Å². The second kappa shape index (κ2) is 9.09. The molecule has 1 saturated heterocycles. The Hall–Kier alpha value is -3.55. The monoisotopic (exact) mass is 396 g/mol. The van der Waals surface area contributed by atoms with Crippen molar-refractivity contribution in [2.24, 2.45) is 0 Å². The molecule has 0 spiro atoms. The van der Waals surface area contributed by atoms with Crippen molar-refractivity contribution < 1.29 is 19.1 Å². The highest BCUT2D eigenvalue weighted by Crippen LogP contribution is 2.22. The van der Waals surface area contributed by atoms with Crippen LogP contribution in [0, 0.1) is 0 Å². The summed E-state index contributed by atoms with van der Waals surface area (Å²) in [5.74, 6) is 0.303. The number of anilines is 3. The van der Waals surface area contributed by atoms with Gasteiger partial charge in [0.15, 0.2) is 0 Å². The predicted molar refractivity (Wildman–Crippen MR) is 111 cm³/mol. The van der Waals surface area contributed by atoms with Crippen LogP contribution in [0.3, 0.4) is 0 Å². The molecule has 0 saturated carbocycles. The molecule has 29 heavy (non-hydrogen) atoms. The molecule has 8 heteroatoms. The summed E-state index contributed by atoms with van der Waals surface area (Å²) in [6, 6.07) is 13.0. The average molecular weight is 396 g/mol. The molecule has 3 N–H and O–H groups in total. The first-order valence-electron chi connectivity index (χ1n) is 9.36. The van der Waals surface area contributed by atoms with Gasteiger partial charge in [-0.15, -0.1) is 0 Å².